The van der Waals surface area contributed by atoms with Gasteiger partial charge in [0.05, 0.1) is 12.2 Å². The Labute approximate surface area is 197 Å². The Morgan fingerprint density at radius 1 is 0.939 bits per heavy atom. The zero-order valence-corrected chi connectivity index (χ0v) is 19.4. The van der Waals surface area contributed by atoms with Crippen LogP contribution in [0.5, 0.6) is 0 Å². The number of amides is 2. The first-order chi connectivity index (χ1) is 15.8. The number of para-hydroxylation sites is 1. The summed E-state index contributed by atoms with van der Waals surface area (Å²) in [5, 5.41) is 0.517. The second-order valence-corrected chi connectivity index (χ2v) is 10.7. The van der Waals surface area contributed by atoms with Gasteiger partial charge < -0.3 is 4.90 Å². The molecule has 8 heteroatoms. The molecule has 0 aliphatic carbocycles. The van der Waals surface area contributed by atoms with Crippen molar-refractivity contribution >= 4 is 44.6 Å². The first-order valence-electron chi connectivity index (χ1n) is 10.6. The Balaban J connectivity index is 1.73. The third-order valence-corrected chi connectivity index (χ3v) is 8.57. The molecule has 1 spiro atoms. The number of hydrogen-bond donors (Lipinski definition) is 0. The molecule has 2 heterocycles. The maximum Gasteiger partial charge on any atom is 0.274 e. The summed E-state index contributed by atoms with van der Waals surface area (Å²) in [6, 6.07) is 21.0. The molecule has 3 aromatic carbocycles. The number of carbonyl (C=O) groups excluding carboxylic acids is 2. The van der Waals surface area contributed by atoms with Crippen molar-refractivity contribution in [2.24, 2.45) is 0 Å². The molecule has 1 saturated heterocycles. The van der Waals surface area contributed by atoms with Crippen molar-refractivity contribution in [3.8, 4) is 0 Å². The van der Waals surface area contributed by atoms with Crippen LogP contribution in [-0.4, -0.2) is 26.0 Å². The molecule has 5 rings (SSSR count). The van der Waals surface area contributed by atoms with Crippen molar-refractivity contribution in [3.05, 3.63) is 94.5 Å². The molecule has 1 atom stereocenters. The van der Waals surface area contributed by atoms with Crippen LogP contribution in [-0.2, 0) is 37.3 Å². The Morgan fingerprint density at radius 2 is 1.67 bits per heavy atom. The number of aryl methyl sites for hydroxylation is 1. The highest BCUT2D eigenvalue weighted by molar-refractivity contribution is 7.94. The molecule has 0 aromatic heterocycles. The molecule has 0 bridgehead atoms. The van der Waals surface area contributed by atoms with E-state index in [1.165, 1.54) is 9.80 Å². The summed E-state index contributed by atoms with van der Waals surface area (Å²) in [5.41, 5.74) is 2.86. The average molecular weight is 481 g/mol. The summed E-state index contributed by atoms with van der Waals surface area (Å²) in [6.45, 7) is 2.10. The van der Waals surface area contributed by atoms with Gasteiger partial charge in [-0.25, -0.2) is 8.42 Å². The number of halogens is 1. The topological polar surface area (TPSA) is 74.8 Å². The molecule has 33 heavy (non-hydrogen) atoms. The summed E-state index contributed by atoms with van der Waals surface area (Å²) in [7, 11) is -4.19. The second kappa shape index (κ2) is 7.71. The number of benzene rings is 3. The second-order valence-electron chi connectivity index (χ2n) is 8.19. The molecular formula is C25H21ClN2O4S. The van der Waals surface area contributed by atoms with E-state index in [4.69, 9.17) is 11.6 Å². The summed E-state index contributed by atoms with van der Waals surface area (Å²) in [5.74, 6) is -2.00. The van der Waals surface area contributed by atoms with E-state index in [9.17, 15) is 18.0 Å². The van der Waals surface area contributed by atoms with Gasteiger partial charge in [0.25, 0.3) is 10.8 Å². The van der Waals surface area contributed by atoms with Crippen molar-refractivity contribution in [2.45, 2.75) is 24.8 Å². The lowest BCUT2D eigenvalue weighted by atomic mass is 10.0. The Kier molecular flexibility index (Phi) is 5.06. The van der Waals surface area contributed by atoms with Crippen LogP contribution in [0.25, 0.3) is 0 Å². The van der Waals surface area contributed by atoms with E-state index < -0.39 is 32.3 Å². The number of nitrogens with zero attached hydrogens (tertiary/aromatic N) is 2. The molecule has 6 nitrogen and oxygen atoms in total. The Bertz CT molecular complexity index is 1400. The number of carbonyl (C=O) groups is 2. The van der Waals surface area contributed by atoms with E-state index >= 15 is 0 Å². The standard InChI is InChI=1S/C25H21ClN2O4S/c1-2-17-7-6-10-20(14-17)28-23(29)16-33(31,32)25(28)21-11-3-4-12-22(21)27(24(25)30)15-18-8-5-9-19(26)13-18/h3-14H,2,15-16H2,1H3/t25-/m1/s1. The first kappa shape index (κ1) is 21.7. The van der Waals surface area contributed by atoms with Crippen LogP contribution < -0.4 is 9.80 Å². The van der Waals surface area contributed by atoms with Gasteiger partial charge in [-0.15, -0.1) is 0 Å². The summed E-state index contributed by atoms with van der Waals surface area (Å²) >= 11 is 6.13. The molecule has 0 unspecified atom stereocenters. The fourth-order valence-corrected chi connectivity index (χ4v) is 7.03. The van der Waals surface area contributed by atoms with Crippen molar-refractivity contribution in [2.75, 3.05) is 15.6 Å². The SMILES string of the molecule is CCc1cccc(N2C(=O)CS(=O)(=O)[C@]23C(=O)N(Cc2cccc(Cl)c2)c2ccccc23)c1. The van der Waals surface area contributed by atoms with E-state index in [0.29, 0.717) is 28.4 Å². The van der Waals surface area contributed by atoms with Gasteiger partial charge >= 0.3 is 0 Å². The van der Waals surface area contributed by atoms with Crippen molar-refractivity contribution in [1.82, 2.24) is 0 Å². The van der Waals surface area contributed by atoms with Crippen molar-refractivity contribution in [1.29, 1.82) is 0 Å². The van der Waals surface area contributed by atoms with Crippen LogP contribution >= 0.6 is 11.6 Å². The number of sulfone groups is 1. The Hall–Kier alpha value is -3.16. The lowest BCUT2D eigenvalue weighted by Crippen LogP contribution is -2.54. The number of hydrogen-bond acceptors (Lipinski definition) is 4. The smallest absolute Gasteiger partial charge is 0.274 e. The molecule has 2 amide bonds. The minimum atomic E-state index is -4.19. The van der Waals surface area contributed by atoms with Crippen LogP contribution in [0.3, 0.4) is 0 Å². The van der Waals surface area contributed by atoms with E-state index in [1.54, 1.807) is 60.7 Å². The predicted octanol–water partition coefficient (Wildman–Crippen LogP) is 4.06. The van der Waals surface area contributed by atoms with Crippen molar-refractivity contribution < 1.29 is 18.0 Å². The number of rotatable bonds is 4. The average Bonchev–Trinajstić information content (AvgIpc) is 3.16. The van der Waals surface area contributed by atoms with Gasteiger partial charge in [0.15, 0.2) is 9.84 Å². The highest BCUT2D eigenvalue weighted by Crippen LogP contribution is 2.52. The minimum absolute atomic E-state index is 0.130. The summed E-state index contributed by atoms with van der Waals surface area (Å²) in [4.78, 5) is 27.8. The molecule has 2 aliphatic heterocycles. The fourth-order valence-electron chi connectivity index (χ4n) is 4.78. The van der Waals surface area contributed by atoms with Crippen LogP contribution in [0.4, 0.5) is 11.4 Å². The number of fused-ring (bicyclic) bond motifs is 2. The van der Waals surface area contributed by atoms with Gasteiger partial charge in [-0.05, 0) is 47.9 Å². The molecular weight excluding hydrogens is 460 g/mol. The van der Waals surface area contributed by atoms with Gasteiger partial charge in [-0.1, -0.05) is 61.0 Å². The third-order valence-electron chi connectivity index (χ3n) is 6.23. The quantitative estimate of drug-likeness (QED) is 0.564. The maximum atomic E-state index is 14.1. The zero-order valence-electron chi connectivity index (χ0n) is 17.9. The Morgan fingerprint density at radius 3 is 2.42 bits per heavy atom. The van der Waals surface area contributed by atoms with E-state index in [0.717, 1.165) is 11.1 Å². The molecule has 3 aromatic rings. The van der Waals surface area contributed by atoms with E-state index in [-0.39, 0.29) is 6.54 Å². The molecule has 0 radical (unpaired) electrons. The predicted molar refractivity (Wildman–Crippen MR) is 128 cm³/mol. The van der Waals surface area contributed by atoms with Gasteiger partial charge in [0.2, 0.25) is 5.91 Å². The molecule has 0 saturated carbocycles. The molecule has 1 fully saturated rings. The highest BCUT2D eigenvalue weighted by atomic mass is 35.5. The van der Waals surface area contributed by atoms with Crippen LogP contribution in [0.15, 0.2) is 72.8 Å². The zero-order chi connectivity index (χ0) is 23.4. The monoisotopic (exact) mass is 480 g/mol. The normalized spacial score (nSPS) is 21.2. The lowest BCUT2D eigenvalue weighted by molar-refractivity contribution is -0.123. The van der Waals surface area contributed by atoms with Gasteiger partial charge in [0, 0.05) is 16.3 Å². The maximum absolute atomic E-state index is 14.1. The van der Waals surface area contributed by atoms with E-state index in [2.05, 4.69) is 0 Å². The summed E-state index contributed by atoms with van der Waals surface area (Å²) in [6.07, 6.45) is 0.709. The van der Waals surface area contributed by atoms with Gasteiger partial charge in [-0.3, -0.25) is 14.5 Å². The van der Waals surface area contributed by atoms with E-state index in [1.807, 2.05) is 19.1 Å². The minimum Gasteiger partial charge on any atom is -0.304 e. The summed E-state index contributed by atoms with van der Waals surface area (Å²) < 4.78 is 27.3. The van der Waals surface area contributed by atoms with Crippen LogP contribution in [0.1, 0.15) is 23.6 Å². The fraction of sp³-hybridized carbons (Fsp3) is 0.200. The molecule has 168 valence electrons. The lowest BCUT2D eigenvalue weighted by Gasteiger charge is -2.33. The number of anilines is 2. The van der Waals surface area contributed by atoms with Crippen LogP contribution in [0.2, 0.25) is 5.02 Å². The molecule has 0 N–H and O–H groups in total. The first-order valence-corrected chi connectivity index (χ1v) is 12.6. The molecule has 2 aliphatic rings. The van der Waals surface area contributed by atoms with Gasteiger partial charge in [-0.2, -0.15) is 0 Å². The van der Waals surface area contributed by atoms with Crippen LogP contribution in [0, 0.1) is 0 Å². The highest BCUT2D eigenvalue weighted by Gasteiger charge is 2.69. The third kappa shape index (κ3) is 3.10. The van der Waals surface area contributed by atoms with Gasteiger partial charge in [0.1, 0.15) is 5.75 Å². The largest absolute Gasteiger partial charge is 0.304 e. The van der Waals surface area contributed by atoms with Crippen molar-refractivity contribution in [3.63, 3.8) is 0 Å².